The van der Waals surface area contributed by atoms with Crippen LogP contribution < -0.4 is 29.6 Å². The molecule has 64 valence electrons. The van der Waals surface area contributed by atoms with Crippen LogP contribution in [0.4, 0.5) is 0 Å². The second-order valence-corrected chi connectivity index (χ2v) is 3.23. The minimum Gasteiger partial charge on any atom is -1.00 e. The SMILES string of the molecule is CCCCN(S)CCCC.[H-].[Na+]. The first-order chi connectivity index (χ1) is 4.81. The molecule has 0 amide bonds. The van der Waals surface area contributed by atoms with Crippen molar-refractivity contribution in [2.45, 2.75) is 39.5 Å². The summed E-state index contributed by atoms with van der Waals surface area (Å²) in [5.74, 6) is 0. The van der Waals surface area contributed by atoms with Crippen molar-refractivity contribution in [2.75, 3.05) is 13.1 Å². The van der Waals surface area contributed by atoms with E-state index in [0.717, 1.165) is 13.1 Å². The van der Waals surface area contributed by atoms with E-state index >= 15 is 0 Å². The van der Waals surface area contributed by atoms with Crippen molar-refractivity contribution in [2.24, 2.45) is 0 Å². The maximum absolute atomic E-state index is 4.33. The van der Waals surface area contributed by atoms with E-state index < -0.39 is 0 Å². The molecule has 0 radical (unpaired) electrons. The topological polar surface area (TPSA) is 3.24 Å². The Hall–Kier alpha value is 1.31. The normalized spacial score (nSPS) is 9.82. The van der Waals surface area contributed by atoms with E-state index in [1.54, 1.807) is 0 Å². The predicted octanol–water partition coefficient (Wildman–Crippen LogP) is -0.150. The largest absolute Gasteiger partial charge is 1.00 e. The Kier molecular flexibility index (Phi) is 15.2. The van der Waals surface area contributed by atoms with E-state index in [1.165, 1.54) is 25.7 Å². The number of hydrogen-bond donors (Lipinski definition) is 1. The summed E-state index contributed by atoms with van der Waals surface area (Å²) in [6, 6.07) is 0. The summed E-state index contributed by atoms with van der Waals surface area (Å²) < 4.78 is 2.12. The van der Waals surface area contributed by atoms with Crippen LogP contribution in [0.2, 0.25) is 0 Å². The Morgan fingerprint density at radius 3 is 1.73 bits per heavy atom. The molecule has 0 saturated carbocycles. The minimum absolute atomic E-state index is 0. The summed E-state index contributed by atoms with van der Waals surface area (Å²) in [5.41, 5.74) is 0. The van der Waals surface area contributed by atoms with E-state index in [4.69, 9.17) is 0 Å². The van der Waals surface area contributed by atoms with Gasteiger partial charge in [-0.15, -0.1) is 0 Å². The van der Waals surface area contributed by atoms with Crippen molar-refractivity contribution in [3.63, 3.8) is 0 Å². The second-order valence-electron chi connectivity index (χ2n) is 2.66. The zero-order valence-electron chi connectivity index (χ0n) is 9.14. The fourth-order valence-corrected chi connectivity index (χ4v) is 1.08. The molecule has 0 bridgehead atoms. The zero-order valence-corrected chi connectivity index (χ0v) is 11.0. The van der Waals surface area contributed by atoms with Gasteiger partial charge in [0.05, 0.1) is 0 Å². The molecule has 0 atom stereocenters. The molecule has 0 aliphatic rings. The quantitative estimate of drug-likeness (QED) is 0.445. The van der Waals surface area contributed by atoms with Crippen molar-refractivity contribution >= 4 is 12.8 Å². The van der Waals surface area contributed by atoms with E-state index in [0.29, 0.717) is 0 Å². The van der Waals surface area contributed by atoms with Gasteiger partial charge in [-0.2, -0.15) is 0 Å². The van der Waals surface area contributed by atoms with Gasteiger partial charge in [0.15, 0.2) is 0 Å². The fraction of sp³-hybridized carbons (Fsp3) is 1.00. The molecule has 0 unspecified atom stereocenters. The summed E-state index contributed by atoms with van der Waals surface area (Å²) in [4.78, 5) is 0. The minimum atomic E-state index is 0. The number of unbranched alkanes of at least 4 members (excludes halogenated alkanes) is 2. The third-order valence-corrected chi connectivity index (χ3v) is 1.94. The van der Waals surface area contributed by atoms with Gasteiger partial charge in [-0.05, 0) is 12.8 Å². The maximum atomic E-state index is 4.33. The molecule has 0 fully saturated rings. The summed E-state index contributed by atoms with van der Waals surface area (Å²) in [5, 5.41) is 0. The summed E-state index contributed by atoms with van der Waals surface area (Å²) in [7, 11) is 0. The molecule has 0 aliphatic carbocycles. The van der Waals surface area contributed by atoms with Crippen LogP contribution in [-0.4, -0.2) is 17.4 Å². The fourth-order valence-electron chi connectivity index (χ4n) is 0.793. The van der Waals surface area contributed by atoms with Crippen LogP contribution in [-0.2, 0) is 0 Å². The van der Waals surface area contributed by atoms with Gasteiger partial charge in [-0.3, -0.25) is 4.31 Å². The summed E-state index contributed by atoms with van der Waals surface area (Å²) in [6.07, 6.45) is 5.08. The molecule has 3 heteroatoms. The van der Waals surface area contributed by atoms with Crippen LogP contribution in [0.3, 0.4) is 0 Å². The van der Waals surface area contributed by atoms with Gasteiger partial charge in [0.2, 0.25) is 0 Å². The van der Waals surface area contributed by atoms with Gasteiger partial charge >= 0.3 is 29.6 Å². The molecule has 1 nitrogen and oxygen atoms in total. The van der Waals surface area contributed by atoms with Gasteiger partial charge in [0, 0.05) is 13.1 Å². The molecule has 0 aromatic rings. The average Bonchev–Trinajstić information content (AvgIpc) is 1.97. The molecular weight excluding hydrogens is 165 g/mol. The van der Waals surface area contributed by atoms with Crippen molar-refractivity contribution in [1.82, 2.24) is 4.31 Å². The van der Waals surface area contributed by atoms with Crippen LogP contribution >= 0.6 is 12.8 Å². The smallest absolute Gasteiger partial charge is 1.00 e. The molecule has 0 spiro atoms. The van der Waals surface area contributed by atoms with Gasteiger partial charge in [0.25, 0.3) is 0 Å². The second kappa shape index (κ2) is 11.3. The van der Waals surface area contributed by atoms with Crippen LogP contribution in [0.1, 0.15) is 41.0 Å². The molecule has 0 aromatic heterocycles. The molecule has 0 aromatic carbocycles. The van der Waals surface area contributed by atoms with E-state index in [-0.39, 0.29) is 31.0 Å². The van der Waals surface area contributed by atoms with E-state index in [1.807, 2.05) is 0 Å². The predicted molar refractivity (Wildman–Crippen MR) is 51.5 cm³/mol. The Morgan fingerprint density at radius 1 is 1.09 bits per heavy atom. The molecule has 11 heavy (non-hydrogen) atoms. The molecule has 0 heterocycles. The number of nitrogens with zero attached hydrogens (tertiary/aromatic N) is 1. The summed E-state index contributed by atoms with van der Waals surface area (Å²) >= 11 is 4.33. The average molecular weight is 185 g/mol. The molecule has 0 N–H and O–H groups in total. The van der Waals surface area contributed by atoms with Crippen molar-refractivity contribution in [1.29, 1.82) is 0 Å². The third kappa shape index (κ3) is 11.3. The Bertz CT molecular complexity index is 68.1. The molecule has 0 rings (SSSR count). The van der Waals surface area contributed by atoms with Gasteiger partial charge in [-0.25, -0.2) is 0 Å². The molecule has 0 saturated heterocycles. The first-order valence-electron chi connectivity index (χ1n) is 4.25. The number of hydrogen-bond acceptors (Lipinski definition) is 2. The van der Waals surface area contributed by atoms with Crippen molar-refractivity contribution < 1.29 is 31.0 Å². The first kappa shape index (κ1) is 14.8. The Balaban J connectivity index is -0.000000405. The van der Waals surface area contributed by atoms with Crippen LogP contribution in [0.5, 0.6) is 0 Å². The molecular formula is C8H20NNaS. The van der Waals surface area contributed by atoms with Gasteiger partial charge in [-0.1, -0.05) is 39.5 Å². The van der Waals surface area contributed by atoms with E-state index in [9.17, 15) is 0 Å². The van der Waals surface area contributed by atoms with Gasteiger partial charge < -0.3 is 1.43 Å². The van der Waals surface area contributed by atoms with Crippen molar-refractivity contribution in [3.8, 4) is 0 Å². The van der Waals surface area contributed by atoms with Crippen LogP contribution in [0, 0.1) is 0 Å². The number of rotatable bonds is 6. The monoisotopic (exact) mass is 185 g/mol. The van der Waals surface area contributed by atoms with Gasteiger partial charge in [0.1, 0.15) is 0 Å². The zero-order chi connectivity index (χ0) is 7.82. The summed E-state index contributed by atoms with van der Waals surface area (Å²) in [6.45, 7) is 6.70. The Labute approximate surface area is 100 Å². The third-order valence-electron chi connectivity index (χ3n) is 1.54. The van der Waals surface area contributed by atoms with E-state index in [2.05, 4.69) is 31.0 Å². The van der Waals surface area contributed by atoms with Crippen LogP contribution in [0.15, 0.2) is 0 Å². The standard InChI is InChI=1S/C8H19NS.Na.H/c1-3-5-7-9(10)8-6-4-2;;/h10H,3-8H2,1-2H3;;/q;+1;-1. The first-order valence-corrected chi connectivity index (χ1v) is 4.65. The van der Waals surface area contributed by atoms with Crippen LogP contribution in [0.25, 0.3) is 0 Å². The Morgan fingerprint density at radius 2 is 1.45 bits per heavy atom. The number of thiol groups is 1. The van der Waals surface area contributed by atoms with Crippen molar-refractivity contribution in [3.05, 3.63) is 0 Å². The molecule has 0 aliphatic heterocycles. The maximum Gasteiger partial charge on any atom is 1.00 e.